The maximum absolute atomic E-state index is 9.04. The third-order valence-electron chi connectivity index (χ3n) is 3.62. The molecule has 0 aromatic carbocycles. The Bertz CT molecular complexity index is 208. The number of rotatable bonds is 5. The molecule has 0 aromatic rings. The number of aliphatic hydroxyl groups is 1. The van der Waals surface area contributed by atoms with E-state index < -0.39 is 0 Å². The molecule has 2 fully saturated rings. The summed E-state index contributed by atoms with van der Waals surface area (Å²) >= 11 is 0. The Morgan fingerprint density at radius 1 is 1.00 bits per heavy atom. The number of nitrogens with zero attached hydrogens (tertiary/aromatic N) is 2. The van der Waals surface area contributed by atoms with Gasteiger partial charge in [-0.2, -0.15) is 0 Å². The molecule has 17 heavy (non-hydrogen) atoms. The number of hydrogen-bond donors (Lipinski definition) is 1. The van der Waals surface area contributed by atoms with Crippen LogP contribution in [0.2, 0.25) is 0 Å². The molecule has 0 aliphatic carbocycles. The highest BCUT2D eigenvalue weighted by molar-refractivity contribution is 4.76. The molecule has 0 bridgehead atoms. The van der Waals surface area contributed by atoms with E-state index in [-0.39, 0.29) is 6.61 Å². The number of hydrogen-bond acceptors (Lipinski definition) is 5. The predicted molar refractivity (Wildman–Crippen MR) is 65.1 cm³/mol. The van der Waals surface area contributed by atoms with Crippen LogP contribution in [0.1, 0.15) is 6.42 Å². The van der Waals surface area contributed by atoms with Gasteiger partial charge in [0.2, 0.25) is 0 Å². The summed E-state index contributed by atoms with van der Waals surface area (Å²) in [5.74, 6) is 0. The van der Waals surface area contributed by atoms with Crippen molar-refractivity contribution in [2.45, 2.75) is 12.5 Å². The summed E-state index contributed by atoms with van der Waals surface area (Å²) in [6.07, 6.45) is 0.823. The second kappa shape index (κ2) is 7.28. The summed E-state index contributed by atoms with van der Waals surface area (Å²) in [6, 6.07) is 0.398. The van der Waals surface area contributed by atoms with Crippen molar-refractivity contribution in [2.75, 3.05) is 65.8 Å². The molecule has 0 radical (unpaired) electrons. The molecule has 2 saturated heterocycles. The minimum atomic E-state index is 0.252. The first-order valence-corrected chi connectivity index (χ1v) is 6.63. The van der Waals surface area contributed by atoms with Crippen molar-refractivity contribution >= 4 is 0 Å². The highest BCUT2D eigenvalue weighted by Crippen LogP contribution is 2.10. The van der Waals surface area contributed by atoms with E-state index in [2.05, 4.69) is 9.80 Å². The minimum absolute atomic E-state index is 0.252. The van der Waals surface area contributed by atoms with Crippen molar-refractivity contribution in [3.63, 3.8) is 0 Å². The summed E-state index contributed by atoms with van der Waals surface area (Å²) in [4.78, 5) is 4.91. The Morgan fingerprint density at radius 2 is 1.76 bits per heavy atom. The molecule has 2 rings (SSSR count). The summed E-state index contributed by atoms with van der Waals surface area (Å²) in [5, 5.41) is 9.04. The van der Waals surface area contributed by atoms with Crippen molar-refractivity contribution in [1.29, 1.82) is 0 Å². The zero-order valence-electron chi connectivity index (χ0n) is 10.5. The van der Waals surface area contributed by atoms with E-state index >= 15 is 0 Å². The molecule has 5 heteroatoms. The van der Waals surface area contributed by atoms with Crippen molar-refractivity contribution in [2.24, 2.45) is 0 Å². The topological polar surface area (TPSA) is 45.2 Å². The van der Waals surface area contributed by atoms with E-state index in [0.29, 0.717) is 6.04 Å². The van der Waals surface area contributed by atoms with E-state index in [1.54, 1.807) is 0 Å². The van der Waals surface area contributed by atoms with Gasteiger partial charge in [0.1, 0.15) is 0 Å². The molecule has 0 aromatic heterocycles. The fourth-order valence-electron chi connectivity index (χ4n) is 2.49. The van der Waals surface area contributed by atoms with Crippen LogP contribution in [-0.4, -0.2) is 86.7 Å². The SMILES string of the molecule is OCCC1COCCN1CCN1CCOCC1. The van der Waals surface area contributed by atoms with Gasteiger partial charge in [0, 0.05) is 45.4 Å². The summed E-state index contributed by atoms with van der Waals surface area (Å²) in [5.41, 5.74) is 0. The van der Waals surface area contributed by atoms with Crippen molar-refractivity contribution in [3.8, 4) is 0 Å². The largest absolute Gasteiger partial charge is 0.396 e. The van der Waals surface area contributed by atoms with Gasteiger partial charge in [-0.05, 0) is 6.42 Å². The quantitative estimate of drug-likeness (QED) is 0.700. The lowest BCUT2D eigenvalue weighted by atomic mass is 10.1. The average molecular weight is 244 g/mol. The van der Waals surface area contributed by atoms with Gasteiger partial charge in [0.25, 0.3) is 0 Å². The number of morpholine rings is 2. The van der Waals surface area contributed by atoms with E-state index in [1.165, 1.54) is 0 Å². The molecule has 5 nitrogen and oxygen atoms in total. The minimum Gasteiger partial charge on any atom is -0.396 e. The van der Waals surface area contributed by atoms with Gasteiger partial charge in [-0.25, -0.2) is 0 Å². The molecule has 100 valence electrons. The van der Waals surface area contributed by atoms with Crippen molar-refractivity contribution in [1.82, 2.24) is 9.80 Å². The zero-order valence-corrected chi connectivity index (χ0v) is 10.5. The highest BCUT2D eigenvalue weighted by atomic mass is 16.5. The molecule has 0 amide bonds. The van der Waals surface area contributed by atoms with Crippen LogP contribution in [0.5, 0.6) is 0 Å². The fraction of sp³-hybridized carbons (Fsp3) is 1.00. The molecule has 0 saturated carbocycles. The average Bonchev–Trinajstić information content (AvgIpc) is 2.39. The first-order chi connectivity index (χ1) is 8.40. The molecular weight excluding hydrogens is 220 g/mol. The lowest BCUT2D eigenvalue weighted by Crippen LogP contribution is -2.49. The molecule has 1 atom stereocenters. The Hall–Kier alpha value is -0.200. The summed E-state index contributed by atoms with van der Waals surface area (Å²) < 4.78 is 10.8. The van der Waals surface area contributed by atoms with Crippen LogP contribution in [0, 0.1) is 0 Å². The Balaban J connectivity index is 1.71. The summed E-state index contributed by atoms with van der Waals surface area (Å²) in [6.45, 7) is 8.85. The van der Waals surface area contributed by atoms with Crippen LogP contribution in [0.15, 0.2) is 0 Å². The van der Waals surface area contributed by atoms with E-state index in [0.717, 1.165) is 65.6 Å². The van der Waals surface area contributed by atoms with E-state index in [1.807, 2.05) is 0 Å². The van der Waals surface area contributed by atoms with Crippen molar-refractivity contribution < 1.29 is 14.6 Å². The van der Waals surface area contributed by atoms with Crippen LogP contribution in [0.4, 0.5) is 0 Å². The maximum Gasteiger partial charge on any atom is 0.0623 e. The van der Waals surface area contributed by atoms with Gasteiger partial charge in [0.15, 0.2) is 0 Å². The molecule has 2 aliphatic heterocycles. The Morgan fingerprint density at radius 3 is 2.53 bits per heavy atom. The van der Waals surface area contributed by atoms with E-state index in [9.17, 15) is 0 Å². The molecule has 2 aliphatic rings. The number of aliphatic hydroxyl groups excluding tert-OH is 1. The van der Waals surface area contributed by atoms with Crippen LogP contribution < -0.4 is 0 Å². The van der Waals surface area contributed by atoms with Gasteiger partial charge in [-0.3, -0.25) is 9.80 Å². The molecule has 0 spiro atoms. The zero-order chi connectivity index (χ0) is 11.9. The second-order valence-electron chi connectivity index (χ2n) is 4.73. The van der Waals surface area contributed by atoms with Crippen LogP contribution in [0.3, 0.4) is 0 Å². The first kappa shape index (κ1) is 13.2. The summed E-state index contributed by atoms with van der Waals surface area (Å²) in [7, 11) is 0. The van der Waals surface area contributed by atoms with Crippen LogP contribution >= 0.6 is 0 Å². The third-order valence-corrected chi connectivity index (χ3v) is 3.62. The maximum atomic E-state index is 9.04. The van der Waals surface area contributed by atoms with Gasteiger partial charge in [-0.1, -0.05) is 0 Å². The Labute approximate surface area is 103 Å². The normalized spacial score (nSPS) is 28.4. The van der Waals surface area contributed by atoms with E-state index in [4.69, 9.17) is 14.6 Å². The number of ether oxygens (including phenoxy) is 2. The Kier molecular flexibility index (Phi) is 5.67. The smallest absolute Gasteiger partial charge is 0.0623 e. The van der Waals surface area contributed by atoms with Gasteiger partial charge < -0.3 is 14.6 Å². The lowest BCUT2D eigenvalue weighted by molar-refractivity contribution is -0.0248. The van der Waals surface area contributed by atoms with Crippen LogP contribution in [-0.2, 0) is 9.47 Å². The molecule has 2 heterocycles. The van der Waals surface area contributed by atoms with Crippen molar-refractivity contribution in [3.05, 3.63) is 0 Å². The lowest BCUT2D eigenvalue weighted by Gasteiger charge is -2.37. The molecule has 1 unspecified atom stereocenters. The van der Waals surface area contributed by atoms with Gasteiger partial charge >= 0.3 is 0 Å². The highest BCUT2D eigenvalue weighted by Gasteiger charge is 2.23. The third kappa shape index (κ3) is 4.19. The fourth-order valence-corrected chi connectivity index (χ4v) is 2.49. The molecular formula is C12H24N2O3. The molecule has 1 N–H and O–H groups in total. The second-order valence-corrected chi connectivity index (χ2v) is 4.73. The standard InChI is InChI=1S/C12H24N2O3/c15-7-1-12-11-17-10-6-14(12)3-2-13-4-8-16-9-5-13/h12,15H,1-11H2. The van der Waals surface area contributed by atoms with Gasteiger partial charge in [-0.15, -0.1) is 0 Å². The van der Waals surface area contributed by atoms with Gasteiger partial charge in [0.05, 0.1) is 26.4 Å². The van der Waals surface area contributed by atoms with Crippen LogP contribution in [0.25, 0.3) is 0 Å². The first-order valence-electron chi connectivity index (χ1n) is 6.63. The predicted octanol–water partition coefficient (Wildman–Crippen LogP) is -0.598. The monoisotopic (exact) mass is 244 g/mol.